The maximum atomic E-state index is 13.0. The van der Waals surface area contributed by atoms with Gasteiger partial charge in [-0.1, -0.05) is 25.6 Å². The van der Waals surface area contributed by atoms with Crippen molar-refractivity contribution in [2.75, 3.05) is 43.4 Å². The van der Waals surface area contributed by atoms with E-state index >= 15 is 0 Å². The van der Waals surface area contributed by atoms with E-state index < -0.39 is 0 Å². The Morgan fingerprint density at radius 2 is 1.85 bits per heavy atom. The number of amides is 1. The second-order valence-electron chi connectivity index (χ2n) is 8.39. The van der Waals surface area contributed by atoms with Crippen molar-refractivity contribution >= 4 is 29.2 Å². The minimum atomic E-state index is -0.381. The summed E-state index contributed by atoms with van der Waals surface area (Å²) >= 11 is 1.49. The summed E-state index contributed by atoms with van der Waals surface area (Å²) in [5, 5.41) is 3.40. The predicted molar refractivity (Wildman–Crippen MR) is 128 cm³/mol. The largest absolute Gasteiger partial charge is 0.455 e. The zero-order valence-corrected chi connectivity index (χ0v) is 19.9. The number of hydrogen-bond donors (Lipinski definition) is 1. The fraction of sp³-hybridized carbons (Fsp3) is 0.375. The summed E-state index contributed by atoms with van der Waals surface area (Å²) in [5.74, 6) is 1.88. The van der Waals surface area contributed by atoms with E-state index in [1.165, 1.54) is 36.0 Å². The van der Waals surface area contributed by atoms with E-state index in [2.05, 4.69) is 42.1 Å². The molecule has 3 heterocycles. The van der Waals surface area contributed by atoms with Gasteiger partial charge in [-0.05, 0) is 49.4 Å². The highest BCUT2D eigenvalue weighted by Crippen LogP contribution is 2.27. The van der Waals surface area contributed by atoms with Gasteiger partial charge in [0.2, 0.25) is 0 Å². The van der Waals surface area contributed by atoms with Crippen LogP contribution in [0.3, 0.4) is 0 Å². The van der Waals surface area contributed by atoms with Crippen LogP contribution in [0.4, 0.5) is 15.9 Å². The van der Waals surface area contributed by atoms with Crippen LogP contribution >= 0.6 is 11.8 Å². The molecule has 2 aromatic heterocycles. The number of hydrogen-bond acceptors (Lipinski definition) is 7. The minimum Gasteiger partial charge on any atom is -0.455 e. The number of thioether (sulfide) groups is 1. The number of nitrogens with one attached hydrogen (secondary N) is 1. The summed E-state index contributed by atoms with van der Waals surface area (Å²) in [7, 11) is 2.13. The van der Waals surface area contributed by atoms with Gasteiger partial charge in [-0.2, -0.15) is 0 Å². The van der Waals surface area contributed by atoms with Crippen LogP contribution in [0, 0.1) is 5.82 Å². The Morgan fingerprint density at radius 1 is 1.12 bits per heavy atom. The standard InChI is InChI=1S/C24H28FN5O2S/c1-16(2)20-14-22(30-12-10-29(3)11-13-30)28-24(27-20)33-15-19-8-9-21(32-19)23(31)26-18-6-4-17(25)5-7-18/h4-9,14,16H,10-13,15H2,1-3H3,(H,26,31). The third kappa shape index (κ3) is 6.11. The molecule has 0 spiro atoms. The molecule has 0 unspecified atom stereocenters. The lowest BCUT2D eigenvalue weighted by Crippen LogP contribution is -2.44. The van der Waals surface area contributed by atoms with Crippen molar-refractivity contribution in [1.29, 1.82) is 0 Å². The molecule has 0 bridgehead atoms. The van der Waals surface area contributed by atoms with Gasteiger partial charge < -0.3 is 19.5 Å². The molecule has 1 N–H and O–H groups in total. The second-order valence-corrected chi connectivity index (χ2v) is 9.34. The lowest BCUT2D eigenvalue weighted by atomic mass is 10.1. The quantitative estimate of drug-likeness (QED) is 0.399. The van der Waals surface area contributed by atoms with E-state index in [4.69, 9.17) is 14.4 Å². The maximum Gasteiger partial charge on any atom is 0.291 e. The van der Waals surface area contributed by atoms with Crippen LogP contribution in [0.2, 0.25) is 0 Å². The average Bonchev–Trinajstić information content (AvgIpc) is 3.29. The molecule has 4 rings (SSSR count). The lowest BCUT2D eigenvalue weighted by molar-refractivity contribution is 0.0995. The SMILES string of the molecule is CC(C)c1cc(N2CCN(C)CC2)nc(SCc2ccc(C(=O)Nc3ccc(F)cc3)o2)n1. The predicted octanol–water partition coefficient (Wildman–Crippen LogP) is 4.63. The number of piperazine rings is 1. The van der Waals surface area contributed by atoms with Gasteiger partial charge in [-0.25, -0.2) is 14.4 Å². The van der Waals surface area contributed by atoms with E-state index in [9.17, 15) is 9.18 Å². The van der Waals surface area contributed by atoms with E-state index in [0.717, 1.165) is 37.7 Å². The van der Waals surface area contributed by atoms with Gasteiger partial charge in [-0.3, -0.25) is 4.79 Å². The molecule has 7 nitrogen and oxygen atoms in total. The zero-order valence-electron chi connectivity index (χ0n) is 19.0. The highest BCUT2D eigenvalue weighted by atomic mass is 32.2. The Kier molecular flexibility index (Phi) is 7.29. The lowest BCUT2D eigenvalue weighted by Gasteiger charge is -2.33. The van der Waals surface area contributed by atoms with Crippen molar-refractivity contribution in [2.24, 2.45) is 0 Å². The normalized spacial score (nSPS) is 14.6. The Hall–Kier alpha value is -2.91. The van der Waals surface area contributed by atoms with Crippen LogP contribution in [-0.4, -0.2) is 54.0 Å². The van der Waals surface area contributed by atoms with Crippen LogP contribution in [0.5, 0.6) is 0 Å². The van der Waals surface area contributed by atoms with Crippen LogP contribution < -0.4 is 10.2 Å². The zero-order chi connectivity index (χ0) is 23.4. The van der Waals surface area contributed by atoms with Crippen molar-refractivity contribution in [3.8, 4) is 0 Å². The first kappa shape index (κ1) is 23.3. The fourth-order valence-corrected chi connectivity index (χ4v) is 4.18. The summed E-state index contributed by atoms with van der Waals surface area (Å²) < 4.78 is 18.8. The Morgan fingerprint density at radius 3 is 2.55 bits per heavy atom. The Balaban J connectivity index is 1.41. The van der Waals surface area contributed by atoms with Crippen molar-refractivity contribution in [1.82, 2.24) is 14.9 Å². The number of furan rings is 1. The van der Waals surface area contributed by atoms with Crippen LogP contribution in [-0.2, 0) is 5.75 Å². The number of aromatic nitrogens is 2. The molecule has 9 heteroatoms. The molecule has 1 fully saturated rings. The van der Waals surface area contributed by atoms with Crippen LogP contribution in [0.25, 0.3) is 0 Å². The van der Waals surface area contributed by atoms with Gasteiger partial charge in [0.1, 0.15) is 17.4 Å². The van der Waals surface area contributed by atoms with Gasteiger partial charge in [0.25, 0.3) is 5.91 Å². The van der Waals surface area contributed by atoms with Crippen LogP contribution in [0.15, 0.2) is 52.0 Å². The topological polar surface area (TPSA) is 74.5 Å². The van der Waals surface area contributed by atoms with Crippen molar-refractivity contribution in [3.63, 3.8) is 0 Å². The van der Waals surface area contributed by atoms with Gasteiger partial charge in [0.15, 0.2) is 10.9 Å². The molecule has 0 radical (unpaired) electrons. The summed E-state index contributed by atoms with van der Waals surface area (Å²) in [5.41, 5.74) is 1.52. The molecule has 1 amide bonds. The van der Waals surface area contributed by atoms with Gasteiger partial charge >= 0.3 is 0 Å². The number of carbonyl (C=O) groups excluding carboxylic acids is 1. The van der Waals surface area contributed by atoms with Gasteiger partial charge in [0, 0.05) is 43.6 Å². The summed E-state index contributed by atoms with van der Waals surface area (Å²) in [6.45, 7) is 8.17. The van der Waals surface area contributed by atoms with E-state index in [0.29, 0.717) is 28.3 Å². The number of halogens is 1. The minimum absolute atomic E-state index is 0.199. The van der Waals surface area contributed by atoms with E-state index in [-0.39, 0.29) is 17.5 Å². The number of nitrogens with zero attached hydrogens (tertiary/aromatic N) is 4. The maximum absolute atomic E-state index is 13.0. The Labute approximate surface area is 197 Å². The highest BCUT2D eigenvalue weighted by Gasteiger charge is 2.19. The first-order valence-corrected chi connectivity index (χ1v) is 12.0. The molecular formula is C24H28FN5O2S. The number of benzene rings is 1. The average molecular weight is 470 g/mol. The number of rotatable bonds is 7. The molecule has 1 aliphatic rings. The first-order chi connectivity index (χ1) is 15.9. The van der Waals surface area contributed by atoms with Crippen molar-refractivity contribution < 1.29 is 13.6 Å². The third-order valence-electron chi connectivity index (χ3n) is 5.46. The second kappa shape index (κ2) is 10.4. The first-order valence-electron chi connectivity index (χ1n) is 11.0. The van der Waals surface area contributed by atoms with Gasteiger partial charge in [0.05, 0.1) is 5.75 Å². The number of anilines is 2. The molecule has 3 aromatic rings. The number of likely N-dealkylation sites (N-methyl/N-ethyl adjacent to an activating group) is 1. The van der Waals surface area contributed by atoms with Gasteiger partial charge in [-0.15, -0.1) is 0 Å². The highest BCUT2D eigenvalue weighted by molar-refractivity contribution is 7.98. The monoisotopic (exact) mass is 469 g/mol. The molecule has 1 aliphatic heterocycles. The van der Waals surface area contributed by atoms with Crippen molar-refractivity contribution in [2.45, 2.75) is 30.7 Å². The summed E-state index contributed by atoms with van der Waals surface area (Å²) in [6, 6.07) is 11.1. The van der Waals surface area contributed by atoms with E-state index in [1.807, 2.05) is 0 Å². The van der Waals surface area contributed by atoms with Crippen molar-refractivity contribution in [3.05, 3.63) is 65.5 Å². The van der Waals surface area contributed by atoms with E-state index in [1.54, 1.807) is 12.1 Å². The molecule has 0 atom stereocenters. The molecule has 0 aliphatic carbocycles. The van der Waals surface area contributed by atoms with Crippen LogP contribution in [0.1, 0.15) is 41.8 Å². The molecule has 1 aromatic carbocycles. The summed E-state index contributed by atoms with van der Waals surface area (Å²) in [4.78, 5) is 26.6. The molecular weight excluding hydrogens is 441 g/mol. The molecule has 174 valence electrons. The smallest absolute Gasteiger partial charge is 0.291 e. The molecule has 33 heavy (non-hydrogen) atoms. The molecule has 1 saturated heterocycles. The molecule has 0 saturated carbocycles. The number of carbonyl (C=O) groups is 1. The summed E-state index contributed by atoms with van der Waals surface area (Å²) in [6.07, 6.45) is 0. The fourth-order valence-electron chi connectivity index (χ4n) is 3.43. The third-order valence-corrected chi connectivity index (χ3v) is 6.33. The Bertz CT molecular complexity index is 1090.